The van der Waals surface area contributed by atoms with Gasteiger partial charge in [0.1, 0.15) is 0 Å². The molecule has 0 unspecified atom stereocenters. The lowest BCUT2D eigenvalue weighted by atomic mass is 9.82. The fourth-order valence-electron chi connectivity index (χ4n) is 3.41. The van der Waals surface area contributed by atoms with Gasteiger partial charge >= 0.3 is 0 Å². The van der Waals surface area contributed by atoms with Crippen LogP contribution in [0.1, 0.15) is 85.9 Å². The first kappa shape index (κ1) is 26.2. The zero-order chi connectivity index (χ0) is 21.7. The van der Waals surface area contributed by atoms with E-state index in [9.17, 15) is 4.79 Å². The summed E-state index contributed by atoms with van der Waals surface area (Å²) in [5.41, 5.74) is 4.04. The molecule has 0 aliphatic carbocycles. The lowest BCUT2D eigenvalue weighted by Gasteiger charge is -2.37. The molecule has 160 valence electrons. The Morgan fingerprint density at radius 3 is 2.11 bits per heavy atom. The molecule has 2 aromatic rings. The third-order valence-corrected chi connectivity index (χ3v) is 5.09. The molecule has 28 heavy (non-hydrogen) atoms. The third kappa shape index (κ3) is 7.33. The summed E-state index contributed by atoms with van der Waals surface area (Å²) in [6.45, 7) is 20.5. The second-order valence-corrected chi connectivity index (χ2v) is 7.32. The number of nitrogens with one attached hydrogen (secondary N) is 1. The van der Waals surface area contributed by atoms with Gasteiger partial charge in [0.25, 0.3) is 0 Å². The van der Waals surface area contributed by atoms with Crippen molar-refractivity contribution in [2.24, 2.45) is 5.41 Å². The van der Waals surface area contributed by atoms with Crippen LogP contribution in [-0.2, 0) is 11.2 Å². The minimum atomic E-state index is 0.306. The fourth-order valence-corrected chi connectivity index (χ4v) is 3.41. The second-order valence-electron chi connectivity index (χ2n) is 7.32. The standard InChI is InChI=1S/C19H26N2O.3C2H6/c1-14-15(16-6-4-5-7-17(16)20-14)8-9-18(22)21-12-10-19(2,3)11-13-21;3*1-2/h4-7,20H,8-13H2,1-3H3;3*1-2H3. The van der Waals surface area contributed by atoms with E-state index >= 15 is 0 Å². The lowest BCUT2D eigenvalue weighted by molar-refractivity contribution is -0.133. The molecule has 1 aliphatic heterocycles. The Hall–Kier alpha value is -1.77. The molecule has 3 heteroatoms. The van der Waals surface area contributed by atoms with Gasteiger partial charge in [0.05, 0.1) is 0 Å². The van der Waals surface area contributed by atoms with E-state index < -0.39 is 0 Å². The molecule has 3 rings (SSSR count). The van der Waals surface area contributed by atoms with E-state index in [2.05, 4.69) is 48.9 Å². The van der Waals surface area contributed by atoms with Gasteiger partial charge in [-0.15, -0.1) is 0 Å². The van der Waals surface area contributed by atoms with E-state index in [1.54, 1.807) is 0 Å². The lowest BCUT2D eigenvalue weighted by Crippen LogP contribution is -2.41. The molecule has 1 saturated heterocycles. The van der Waals surface area contributed by atoms with Crippen molar-refractivity contribution in [3.05, 3.63) is 35.5 Å². The van der Waals surface area contributed by atoms with Crippen molar-refractivity contribution in [1.82, 2.24) is 9.88 Å². The molecule has 1 aliphatic rings. The van der Waals surface area contributed by atoms with Gasteiger partial charge in [-0.1, -0.05) is 73.6 Å². The highest BCUT2D eigenvalue weighted by atomic mass is 16.2. The van der Waals surface area contributed by atoms with Crippen molar-refractivity contribution >= 4 is 16.8 Å². The number of carbonyl (C=O) groups is 1. The summed E-state index contributed by atoms with van der Waals surface area (Å²) in [6.07, 6.45) is 3.67. The van der Waals surface area contributed by atoms with Crippen molar-refractivity contribution in [3.63, 3.8) is 0 Å². The molecule has 0 radical (unpaired) electrons. The van der Waals surface area contributed by atoms with Crippen LogP contribution in [0, 0.1) is 12.3 Å². The number of piperidine rings is 1. The van der Waals surface area contributed by atoms with Crippen LogP contribution < -0.4 is 0 Å². The van der Waals surface area contributed by atoms with Gasteiger partial charge in [-0.25, -0.2) is 0 Å². The molecule has 2 heterocycles. The van der Waals surface area contributed by atoms with E-state index in [0.717, 1.165) is 32.4 Å². The number of H-pyrrole nitrogens is 1. The monoisotopic (exact) mass is 388 g/mol. The maximum absolute atomic E-state index is 12.5. The quantitative estimate of drug-likeness (QED) is 0.596. The second kappa shape index (κ2) is 13.4. The van der Waals surface area contributed by atoms with Crippen molar-refractivity contribution in [2.45, 2.75) is 88.0 Å². The summed E-state index contributed by atoms with van der Waals surface area (Å²) < 4.78 is 0. The number of aromatic amines is 1. The van der Waals surface area contributed by atoms with Crippen molar-refractivity contribution in [3.8, 4) is 0 Å². The number of aromatic nitrogens is 1. The minimum absolute atomic E-state index is 0.306. The highest BCUT2D eigenvalue weighted by molar-refractivity contribution is 5.85. The van der Waals surface area contributed by atoms with Crippen LogP contribution in [0.4, 0.5) is 0 Å². The molecule has 1 N–H and O–H groups in total. The summed E-state index contributed by atoms with van der Waals surface area (Å²) in [7, 11) is 0. The number of hydrogen-bond acceptors (Lipinski definition) is 1. The number of aryl methyl sites for hydroxylation is 2. The number of benzene rings is 1. The van der Waals surface area contributed by atoms with Crippen LogP contribution in [0.2, 0.25) is 0 Å². The Labute approximate surface area is 173 Å². The van der Waals surface area contributed by atoms with Gasteiger partial charge in [-0.3, -0.25) is 4.79 Å². The van der Waals surface area contributed by atoms with Gasteiger partial charge in [0.2, 0.25) is 5.91 Å². The zero-order valence-corrected chi connectivity index (χ0v) is 19.9. The predicted octanol–water partition coefficient (Wildman–Crippen LogP) is 7.14. The third-order valence-electron chi connectivity index (χ3n) is 5.09. The Morgan fingerprint density at radius 1 is 1.00 bits per heavy atom. The van der Waals surface area contributed by atoms with Gasteiger partial charge in [0, 0.05) is 36.1 Å². The largest absolute Gasteiger partial charge is 0.358 e. The van der Waals surface area contributed by atoms with Gasteiger partial charge in [-0.2, -0.15) is 0 Å². The van der Waals surface area contributed by atoms with E-state index in [1.807, 2.05) is 47.6 Å². The van der Waals surface area contributed by atoms with Crippen molar-refractivity contribution in [1.29, 1.82) is 0 Å². The van der Waals surface area contributed by atoms with E-state index in [1.165, 1.54) is 22.2 Å². The molecule has 1 amide bonds. The van der Waals surface area contributed by atoms with E-state index in [-0.39, 0.29) is 0 Å². The van der Waals surface area contributed by atoms with Gasteiger partial charge in [-0.05, 0) is 43.2 Å². The van der Waals surface area contributed by atoms with Gasteiger partial charge < -0.3 is 9.88 Å². The van der Waals surface area contributed by atoms with E-state index in [4.69, 9.17) is 0 Å². The first-order valence-corrected chi connectivity index (χ1v) is 11.3. The fraction of sp³-hybridized carbons (Fsp3) is 0.640. The first-order chi connectivity index (χ1) is 13.5. The topological polar surface area (TPSA) is 36.1 Å². The Kier molecular flexibility index (Phi) is 12.6. The molecular weight excluding hydrogens is 344 g/mol. The summed E-state index contributed by atoms with van der Waals surface area (Å²) in [6, 6.07) is 8.35. The van der Waals surface area contributed by atoms with Crippen LogP contribution in [-0.4, -0.2) is 28.9 Å². The zero-order valence-electron chi connectivity index (χ0n) is 19.9. The molecule has 0 bridgehead atoms. The molecule has 0 saturated carbocycles. The van der Waals surface area contributed by atoms with Crippen LogP contribution in [0.5, 0.6) is 0 Å². The molecular formula is C25H44N2O. The number of para-hydroxylation sites is 1. The predicted molar refractivity (Wildman–Crippen MR) is 125 cm³/mol. The average Bonchev–Trinajstić information content (AvgIpc) is 3.05. The highest BCUT2D eigenvalue weighted by Crippen LogP contribution is 2.30. The Bertz CT molecular complexity index is 675. The minimum Gasteiger partial charge on any atom is -0.358 e. The molecule has 1 aromatic carbocycles. The molecule has 0 spiro atoms. The van der Waals surface area contributed by atoms with E-state index in [0.29, 0.717) is 17.7 Å². The van der Waals surface area contributed by atoms with Crippen molar-refractivity contribution < 1.29 is 4.79 Å². The molecule has 1 fully saturated rings. The number of fused-ring (bicyclic) bond motifs is 1. The number of nitrogens with zero attached hydrogens (tertiary/aromatic N) is 1. The van der Waals surface area contributed by atoms with Gasteiger partial charge in [0.15, 0.2) is 0 Å². The molecule has 0 atom stereocenters. The maximum atomic E-state index is 12.5. The highest BCUT2D eigenvalue weighted by Gasteiger charge is 2.27. The normalized spacial score (nSPS) is 14.7. The van der Waals surface area contributed by atoms with Crippen LogP contribution >= 0.6 is 0 Å². The number of likely N-dealkylation sites (tertiary alicyclic amines) is 1. The smallest absolute Gasteiger partial charge is 0.222 e. The van der Waals surface area contributed by atoms with Crippen molar-refractivity contribution in [2.75, 3.05) is 13.1 Å². The maximum Gasteiger partial charge on any atom is 0.222 e. The average molecular weight is 389 g/mol. The first-order valence-electron chi connectivity index (χ1n) is 11.3. The van der Waals surface area contributed by atoms with Crippen LogP contribution in [0.25, 0.3) is 10.9 Å². The number of amides is 1. The summed E-state index contributed by atoms with van der Waals surface area (Å²) in [4.78, 5) is 17.9. The number of carbonyl (C=O) groups excluding carboxylic acids is 1. The van der Waals surface area contributed by atoms with Crippen LogP contribution in [0.3, 0.4) is 0 Å². The summed E-state index contributed by atoms with van der Waals surface area (Å²) >= 11 is 0. The van der Waals surface area contributed by atoms with Crippen LogP contribution in [0.15, 0.2) is 24.3 Å². The summed E-state index contributed by atoms with van der Waals surface area (Å²) in [5.74, 6) is 0.306. The molecule has 1 aromatic heterocycles. The number of rotatable bonds is 3. The SMILES string of the molecule is CC.CC.CC.Cc1[nH]c2ccccc2c1CCC(=O)N1CCC(C)(C)CC1. The summed E-state index contributed by atoms with van der Waals surface area (Å²) in [5, 5.41) is 1.26. The Balaban J connectivity index is 0.00000111. The Morgan fingerprint density at radius 2 is 1.54 bits per heavy atom. The number of hydrogen-bond donors (Lipinski definition) is 1. The molecule has 3 nitrogen and oxygen atoms in total.